The SMILES string of the molecule is CC1CN(C=O)C(c2ccc3sc(C4CCN(C)CC4)nc3c2)C[C@H]1C. The van der Waals surface area contributed by atoms with Gasteiger partial charge < -0.3 is 9.80 Å². The number of fused-ring (bicyclic) bond motifs is 1. The minimum atomic E-state index is 0.191. The Labute approximate surface area is 160 Å². The van der Waals surface area contributed by atoms with Gasteiger partial charge in [-0.15, -0.1) is 11.3 Å². The summed E-state index contributed by atoms with van der Waals surface area (Å²) in [4.78, 5) is 21.0. The molecular weight excluding hydrogens is 342 g/mol. The normalized spacial score (nSPS) is 28.6. The van der Waals surface area contributed by atoms with Gasteiger partial charge in [0.2, 0.25) is 6.41 Å². The first-order valence-electron chi connectivity index (χ1n) is 9.85. The Balaban J connectivity index is 1.60. The first-order valence-corrected chi connectivity index (χ1v) is 10.7. The van der Waals surface area contributed by atoms with E-state index in [1.165, 1.54) is 28.1 Å². The summed E-state index contributed by atoms with van der Waals surface area (Å²) in [5, 5.41) is 1.29. The third kappa shape index (κ3) is 3.39. The third-order valence-electron chi connectivity index (χ3n) is 6.48. The molecular formula is C21H29N3OS. The maximum Gasteiger partial charge on any atom is 0.210 e. The quantitative estimate of drug-likeness (QED) is 0.756. The van der Waals surface area contributed by atoms with E-state index < -0.39 is 0 Å². The minimum absolute atomic E-state index is 0.191. The van der Waals surface area contributed by atoms with E-state index in [0.717, 1.165) is 38.0 Å². The Morgan fingerprint density at radius 3 is 2.69 bits per heavy atom. The summed E-state index contributed by atoms with van der Waals surface area (Å²) in [6.07, 6.45) is 4.49. The number of piperidine rings is 2. The molecule has 0 aliphatic carbocycles. The van der Waals surface area contributed by atoms with Gasteiger partial charge in [-0.25, -0.2) is 4.98 Å². The molecule has 26 heavy (non-hydrogen) atoms. The number of aromatic nitrogens is 1. The van der Waals surface area contributed by atoms with Gasteiger partial charge in [0, 0.05) is 12.5 Å². The zero-order valence-electron chi connectivity index (χ0n) is 16.0. The Kier molecular flexibility index (Phi) is 5.02. The lowest BCUT2D eigenvalue weighted by molar-refractivity contribution is -0.123. The summed E-state index contributed by atoms with van der Waals surface area (Å²) in [7, 11) is 2.20. The predicted octanol–water partition coefficient (Wildman–Crippen LogP) is 4.28. The fourth-order valence-electron chi connectivity index (χ4n) is 4.40. The van der Waals surface area contributed by atoms with Crippen LogP contribution in [0.15, 0.2) is 18.2 Å². The van der Waals surface area contributed by atoms with Gasteiger partial charge in [0.15, 0.2) is 0 Å². The molecule has 2 aromatic rings. The number of carbonyl (C=O) groups excluding carboxylic acids is 1. The summed E-state index contributed by atoms with van der Waals surface area (Å²) in [5.74, 6) is 1.81. The van der Waals surface area contributed by atoms with E-state index in [4.69, 9.17) is 4.98 Å². The lowest BCUT2D eigenvalue weighted by Crippen LogP contribution is -2.40. The Hall–Kier alpha value is -1.46. The van der Waals surface area contributed by atoms with Crippen molar-refractivity contribution >= 4 is 28.0 Å². The molecule has 3 heterocycles. The topological polar surface area (TPSA) is 36.4 Å². The second-order valence-corrected chi connectivity index (χ2v) is 9.43. The van der Waals surface area contributed by atoms with Gasteiger partial charge in [-0.1, -0.05) is 19.9 Å². The van der Waals surface area contributed by atoms with Gasteiger partial charge in [0.25, 0.3) is 0 Å². The van der Waals surface area contributed by atoms with Crippen LogP contribution in [-0.2, 0) is 4.79 Å². The van der Waals surface area contributed by atoms with Crippen LogP contribution in [-0.4, -0.2) is 47.9 Å². The van der Waals surface area contributed by atoms with Crippen molar-refractivity contribution in [1.29, 1.82) is 0 Å². The van der Waals surface area contributed by atoms with Crippen LogP contribution in [0.4, 0.5) is 0 Å². The largest absolute Gasteiger partial charge is 0.338 e. The molecule has 140 valence electrons. The van der Waals surface area contributed by atoms with Crippen LogP contribution >= 0.6 is 11.3 Å². The highest BCUT2D eigenvalue weighted by Crippen LogP contribution is 2.39. The molecule has 4 rings (SSSR count). The number of hydrogen-bond donors (Lipinski definition) is 0. The van der Waals surface area contributed by atoms with Crippen molar-refractivity contribution in [3.8, 4) is 0 Å². The second kappa shape index (κ2) is 7.28. The van der Waals surface area contributed by atoms with E-state index in [1.807, 2.05) is 16.2 Å². The molecule has 0 N–H and O–H groups in total. The number of benzene rings is 1. The number of amides is 1. The highest BCUT2D eigenvalue weighted by Gasteiger charge is 2.31. The first kappa shape index (κ1) is 17.9. The van der Waals surface area contributed by atoms with E-state index in [2.05, 4.69) is 44.0 Å². The fraction of sp³-hybridized carbons (Fsp3) is 0.619. The maximum atomic E-state index is 11.6. The first-order chi connectivity index (χ1) is 12.5. The van der Waals surface area contributed by atoms with Gasteiger partial charge in [0.05, 0.1) is 21.3 Å². The van der Waals surface area contributed by atoms with Crippen LogP contribution in [0.3, 0.4) is 0 Å². The number of likely N-dealkylation sites (tertiary alicyclic amines) is 2. The average Bonchev–Trinajstić information content (AvgIpc) is 3.07. The zero-order valence-corrected chi connectivity index (χ0v) is 16.8. The highest BCUT2D eigenvalue weighted by molar-refractivity contribution is 7.18. The van der Waals surface area contributed by atoms with Crippen LogP contribution in [0.2, 0.25) is 0 Å². The Morgan fingerprint density at radius 1 is 1.19 bits per heavy atom. The molecule has 2 aliphatic rings. The molecule has 0 saturated carbocycles. The smallest absolute Gasteiger partial charge is 0.210 e. The molecule has 0 spiro atoms. The number of hydrogen-bond acceptors (Lipinski definition) is 4. The van der Waals surface area contributed by atoms with E-state index in [0.29, 0.717) is 17.8 Å². The number of thiazole rings is 1. The zero-order chi connectivity index (χ0) is 18.3. The summed E-state index contributed by atoms with van der Waals surface area (Å²) in [6, 6.07) is 6.85. The molecule has 0 bridgehead atoms. The lowest BCUT2D eigenvalue weighted by Gasteiger charge is -2.40. The molecule has 0 radical (unpaired) electrons. The molecule has 4 nitrogen and oxygen atoms in total. The average molecular weight is 372 g/mol. The molecule has 2 fully saturated rings. The minimum Gasteiger partial charge on any atom is -0.338 e. The predicted molar refractivity (Wildman–Crippen MR) is 108 cm³/mol. The van der Waals surface area contributed by atoms with E-state index in [9.17, 15) is 4.79 Å². The summed E-state index contributed by atoms with van der Waals surface area (Å²) in [6.45, 7) is 7.73. The van der Waals surface area contributed by atoms with Crippen molar-refractivity contribution in [2.75, 3.05) is 26.7 Å². The lowest BCUT2D eigenvalue weighted by atomic mass is 9.82. The molecule has 5 heteroatoms. The van der Waals surface area contributed by atoms with Crippen LogP contribution in [0.1, 0.15) is 55.6 Å². The van der Waals surface area contributed by atoms with Crippen LogP contribution in [0, 0.1) is 11.8 Å². The van der Waals surface area contributed by atoms with Crippen LogP contribution in [0.25, 0.3) is 10.2 Å². The number of nitrogens with zero attached hydrogens (tertiary/aromatic N) is 3. The molecule has 2 unspecified atom stereocenters. The summed E-state index contributed by atoms with van der Waals surface area (Å²) < 4.78 is 1.28. The van der Waals surface area contributed by atoms with Crippen molar-refractivity contribution < 1.29 is 4.79 Å². The second-order valence-electron chi connectivity index (χ2n) is 8.37. The maximum absolute atomic E-state index is 11.6. The van der Waals surface area contributed by atoms with E-state index in [-0.39, 0.29) is 6.04 Å². The molecule has 3 atom stereocenters. The number of rotatable bonds is 3. The highest BCUT2D eigenvalue weighted by atomic mass is 32.1. The van der Waals surface area contributed by atoms with Crippen LogP contribution in [0.5, 0.6) is 0 Å². The monoisotopic (exact) mass is 371 g/mol. The fourth-order valence-corrected chi connectivity index (χ4v) is 5.52. The van der Waals surface area contributed by atoms with E-state index in [1.54, 1.807) is 0 Å². The standard InChI is InChI=1S/C21H29N3OS/c1-14-10-19(24(13-25)12-15(14)2)17-4-5-20-18(11-17)22-21(26-20)16-6-8-23(3)9-7-16/h4-5,11,13-16,19H,6-10,12H2,1-3H3/t14-,15?,19?/m1/s1. The Morgan fingerprint density at radius 2 is 1.96 bits per heavy atom. The molecule has 2 saturated heterocycles. The van der Waals surface area contributed by atoms with Gasteiger partial charge in [-0.2, -0.15) is 0 Å². The van der Waals surface area contributed by atoms with Crippen LogP contribution < -0.4 is 0 Å². The number of carbonyl (C=O) groups is 1. The molecule has 1 amide bonds. The van der Waals surface area contributed by atoms with E-state index >= 15 is 0 Å². The van der Waals surface area contributed by atoms with Crippen molar-refractivity contribution in [2.24, 2.45) is 11.8 Å². The molecule has 2 aliphatic heterocycles. The molecule has 1 aromatic carbocycles. The molecule has 1 aromatic heterocycles. The van der Waals surface area contributed by atoms with Gasteiger partial charge in [-0.3, -0.25) is 4.79 Å². The van der Waals surface area contributed by atoms with Crippen molar-refractivity contribution in [3.63, 3.8) is 0 Å². The van der Waals surface area contributed by atoms with Gasteiger partial charge in [0.1, 0.15) is 0 Å². The Bertz CT molecular complexity index is 781. The van der Waals surface area contributed by atoms with Crippen molar-refractivity contribution in [2.45, 2.75) is 45.1 Å². The van der Waals surface area contributed by atoms with Crippen molar-refractivity contribution in [1.82, 2.24) is 14.8 Å². The van der Waals surface area contributed by atoms with Crippen molar-refractivity contribution in [3.05, 3.63) is 28.8 Å². The van der Waals surface area contributed by atoms with Gasteiger partial charge in [-0.05, 0) is 68.9 Å². The summed E-state index contributed by atoms with van der Waals surface area (Å²) >= 11 is 1.86. The third-order valence-corrected chi connectivity index (χ3v) is 7.68. The summed E-state index contributed by atoms with van der Waals surface area (Å²) in [5.41, 5.74) is 2.35. The van der Waals surface area contributed by atoms with Gasteiger partial charge >= 0.3 is 0 Å².